The van der Waals surface area contributed by atoms with Crippen LogP contribution in [-0.4, -0.2) is 9.97 Å². The van der Waals surface area contributed by atoms with E-state index in [4.69, 9.17) is 0 Å². The number of hydrogen-bond donors (Lipinski definition) is 0. The van der Waals surface area contributed by atoms with Crippen LogP contribution in [0, 0.1) is 9.81 Å². The van der Waals surface area contributed by atoms with Crippen molar-refractivity contribution in [2.75, 3.05) is 0 Å². The lowest BCUT2D eigenvalue weighted by Gasteiger charge is -1.94. The minimum absolute atomic E-state index is 1.05. The second-order valence-corrected chi connectivity index (χ2v) is 5.61. The van der Waals surface area contributed by atoms with Gasteiger partial charge in [-0.15, -0.1) is 11.3 Å². The molecule has 4 heteroatoms. The highest BCUT2D eigenvalue weighted by Crippen LogP contribution is 2.28. The first-order chi connectivity index (χ1) is 6.27. The van der Waals surface area contributed by atoms with Gasteiger partial charge in [-0.3, -0.25) is 4.98 Å². The maximum atomic E-state index is 4.45. The van der Waals surface area contributed by atoms with E-state index in [9.17, 15) is 0 Å². The van der Waals surface area contributed by atoms with Crippen molar-refractivity contribution < 1.29 is 0 Å². The van der Waals surface area contributed by atoms with Gasteiger partial charge in [0.1, 0.15) is 0 Å². The molecule has 0 aliphatic heterocycles. The number of aryl methyl sites for hydroxylation is 1. The number of hydrogen-bond acceptors (Lipinski definition) is 3. The van der Waals surface area contributed by atoms with E-state index in [2.05, 4.69) is 32.6 Å². The van der Waals surface area contributed by atoms with Gasteiger partial charge >= 0.3 is 0 Å². The summed E-state index contributed by atoms with van der Waals surface area (Å²) >= 11 is 4.02. The molecule has 0 spiro atoms. The van der Waals surface area contributed by atoms with Gasteiger partial charge in [-0.05, 0) is 41.6 Å². The largest absolute Gasteiger partial charge is 0.264 e. The fourth-order valence-electron chi connectivity index (χ4n) is 1.08. The van der Waals surface area contributed by atoms with Crippen LogP contribution >= 0.6 is 33.9 Å². The Bertz CT molecular complexity index is 411. The summed E-state index contributed by atoms with van der Waals surface area (Å²) in [6, 6.07) is 3.96. The van der Waals surface area contributed by atoms with E-state index in [-0.39, 0.29) is 0 Å². The van der Waals surface area contributed by atoms with Gasteiger partial charge < -0.3 is 0 Å². The topological polar surface area (TPSA) is 25.8 Å². The summed E-state index contributed by atoms with van der Waals surface area (Å²) in [5, 5.41) is 1.10. The second kappa shape index (κ2) is 3.71. The Balaban J connectivity index is 2.53. The fourth-order valence-corrected chi connectivity index (χ4v) is 3.13. The minimum atomic E-state index is 1.05. The Labute approximate surface area is 94.2 Å². The summed E-state index contributed by atoms with van der Waals surface area (Å²) in [6.07, 6.45) is 3.62. The third kappa shape index (κ3) is 1.88. The van der Waals surface area contributed by atoms with Crippen molar-refractivity contribution in [2.45, 2.75) is 6.92 Å². The van der Waals surface area contributed by atoms with E-state index >= 15 is 0 Å². The molecule has 0 N–H and O–H groups in total. The van der Waals surface area contributed by atoms with Crippen molar-refractivity contribution in [1.29, 1.82) is 0 Å². The highest BCUT2D eigenvalue weighted by atomic mass is 127. The zero-order valence-corrected chi connectivity index (χ0v) is 9.96. The van der Waals surface area contributed by atoms with Crippen molar-refractivity contribution in [2.24, 2.45) is 0 Å². The molecule has 0 atom stereocenters. The Hall–Kier alpha value is -0.490. The summed E-state index contributed by atoms with van der Waals surface area (Å²) in [5.41, 5.74) is 2.15. The van der Waals surface area contributed by atoms with Crippen molar-refractivity contribution in [1.82, 2.24) is 9.97 Å². The van der Waals surface area contributed by atoms with Crippen LogP contribution in [0.15, 0.2) is 24.5 Å². The Kier molecular flexibility index (Phi) is 2.59. The van der Waals surface area contributed by atoms with E-state index in [1.165, 1.54) is 2.88 Å². The molecule has 66 valence electrons. The van der Waals surface area contributed by atoms with E-state index < -0.39 is 0 Å². The predicted molar refractivity (Wildman–Crippen MR) is 62.8 cm³/mol. The molecule has 0 aliphatic carbocycles. The highest BCUT2D eigenvalue weighted by Gasteiger charge is 2.07. The smallest absolute Gasteiger partial charge is 0.0964 e. The molecule has 0 bridgehead atoms. The Morgan fingerprint density at radius 2 is 2.31 bits per heavy atom. The van der Waals surface area contributed by atoms with Crippen LogP contribution in [0.25, 0.3) is 11.3 Å². The van der Waals surface area contributed by atoms with Gasteiger partial charge in [-0.1, -0.05) is 0 Å². The molecule has 2 aromatic rings. The summed E-state index contributed by atoms with van der Waals surface area (Å²) in [5.74, 6) is 0. The number of aromatic nitrogens is 2. The summed E-state index contributed by atoms with van der Waals surface area (Å²) in [7, 11) is 0. The average Bonchev–Trinajstić information content (AvgIpc) is 2.47. The standard InChI is InChI=1S/C9H7IN2S/c1-6-12-8(9(10)13-6)7-3-2-4-11-5-7/h2-5H,1H3. The quantitative estimate of drug-likeness (QED) is 0.756. The molecule has 0 saturated carbocycles. The van der Waals surface area contributed by atoms with Crippen LogP contribution in [0.3, 0.4) is 0 Å². The molecule has 0 aliphatic rings. The summed E-state index contributed by atoms with van der Waals surface area (Å²) in [6.45, 7) is 2.02. The molecule has 0 fully saturated rings. The second-order valence-electron chi connectivity index (χ2n) is 2.60. The summed E-state index contributed by atoms with van der Waals surface area (Å²) in [4.78, 5) is 8.52. The molecule has 2 rings (SSSR count). The molecule has 0 amide bonds. The van der Waals surface area contributed by atoms with Crippen molar-refractivity contribution >= 4 is 33.9 Å². The SMILES string of the molecule is Cc1nc(-c2cccnc2)c(I)s1. The molecule has 13 heavy (non-hydrogen) atoms. The molecule has 0 unspecified atom stereocenters. The Morgan fingerprint density at radius 1 is 1.46 bits per heavy atom. The van der Waals surface area contributed by atoms with Crippen LogP contribution in [0.4, 0.5) is 0 Å². The van der Waals surface area contributed by atoms with E-state index in [0.29, 0.717) is 0 Å². The van der Waals surface area contributed by atoms with Crippen molar-refractivity contribution in [3.63, 3.8) is 0 Å². The lowest BCUT2D eigenvalue weighted by molar-refractivity contribution is 1.26. The molecule has 2 aromatic heterocycles. The first-order valence-corrected chi connectivity index (χ1v) is 5.70. The van der Waals surface area contributed by atoms with Gasteiger partial charge in [0.05, 0.1) is 13.6 Å². The summed E-state index contributed by atoms with van der Waals surface area (Å²) < 4.78 is 1.23. The van der Waals surface area contributed by atoms with Crippen molar-refractivity contribution in [3.05, 3.63) is 32.4 Å². The maximum Gasteiger partial charge on any atom is 0.0964 e. The van der Waals surface area contributed by atoms with Crippen molar-refractivity contribution in [3.8, 4) is 11.3 Å². The first kappa shape index (κ1) is 9.08. The Morgan fingerprint density at radius 3 is 2.85 bits per heavy atom. The number of halogens is 1. The molecular weight excluding hydrogens is 295 g/mol. The predicted octanol–water partition coefficient (Wildman–Crippen LogP) is 3.12. The van der Waals surface area contributed by atoms with Crippen LogP contribution in [-0.2, 0) is 0 Å². The van der Waals surface area contributed by atoms with Crippen LogP contribution in [0.5, 0.6) is 0 Å². The first-order valence-electron chi connectivity index (χ1n) is 3.80. The minimum Gasteiger partial charge on any atom is -0.264 e. The average molecular weight is 302 g/mol. The van der Waals surface area contributed by atoms with Gasteiger partial charge in [0.15, 0.2) is 0 Å². The van der Waals surface area contributed by atoms with Crippen LogP contribution < -0.4 is 0 Å². The zero-order chi connectivity index (χ0) is 9.26. The molecular formula is C9H7IN2S. The van der Waals surface area contributed by atoms with E-state index in [0.717, 1.165) is 16.3 Å². The highest BCUT2D eigenvalue weighted by molar-refractivity contribution is 14.1. The lowest BCUT2D eigenvalue weighted by atomic mass is 10.2. The van der Waals surface area contributed by atoms with E-state index in [1.54, 1.807) is 17.5 Å². The molecule has 0 aromatic carbocycles. The molecule has 2 nitrogen and oxygen atoms in total. The molecule has 0 radical (unpaired) electrons. The lowest BCUT2D eigenvalue weighted by Crippen LogP contribution is -1.81. The van der Waals surface area contributed by atoms with Gasteiger partial charge in [0.25, 0.3) is 0 Å². The number of thiazole rings is 1. The fraction of sp³-hybridized carbons (Fsp3) is 0.111. The number of pyridine rings is 1. The van der Waals surface area contributed by atoms with Gasteiger partial charge in [-0.25, -0.2) is 4.98 Å². The third-order valence-electron chi connectivity index (χ3n) is 1.63. The maximum absolute atomic E-state index is 4.45. The van der Waals surface area contributed by atoms with Gasteiger partial charge in [0.2, 0.25) is 0 Å². The normalized spacial score (nSPS) is 10.3. The molecule has 2 heterocycles. The number of nitrogens with zero attached hydrogens (tertiary/aromatic N) is 2. The van der Waals surface area contributed by atoms with E-state index in [1.807, 2.05) is 25.3 Å². The van der Waals surface area contributed by atoms with Gasteiger partial charge in [-0.2, -0.15) is 0 Å². The van der Waals surface area contributed by atoms with Gasteiger partial charge in [0, 0.05) is 18.0 Å². The van der Waals surface area contributed by atoms with Crippen LogP contribution in [0.2, 0.25) is 0 Å². The molecule has 0 saturated heterocycles. The monoisotopic (exact) mass is 302 g/mol. The number of rotatable bonds is 1. The van der Waals surface area contributed by atoms with Crippen LogP contribution in [0.1, 0.15) is 5.01 Å². The zero-order valence-electron chi connectivity index (χ0n) is 6.99. The third-order valence-corrected chi connectivity index (χ3v) is 3.56.